The average Bonchev–Trinajstić information content (AvgIpc) is 2.40. The Morgan fingerprint density at radius 2 is 2.47 bits per heavy atom. The topological polar surface area (TPSA) is 42.0 Å². The second kappa shape index (κ2) is 6.17. The fourth-order valence-electron chi connectivity index (χ4n) is 1.84. The summed E-state index contributed by atoms with van der Waals surface area (Å²) in [5.74, 6) is 2.26. The molecule has 1 aliphatic heterocycles. The molecule has 0 amide bonds. The number of hydrogen-bond donors (Lipinski definition) is 1. The number of aryl methyl sites for hydroxylation is 1. The van der Waals surface area contributed by atoms with Crippen molar-refractivity contribution in [2.75, 3.05) is 18.1 Å². The quantitative estimate of drug-likeness (QED) is 0.878. The highest BCUT2D eigenvalue weighted by molar-refractivity contribution is 7.99. The summed E-state index contributed by atoms with van der Waals surface area (Å²) < 4.78 is 0. The lowest BCUT2D eigenvalue weighted by atomic mass is 10.1. The van der Waals surface area contributed by atoms with Crippen molar-refractivity contribution in [3.63, 3.8) is 0 Å². The molecule has 0 radical (unpaired) electrons. The number of hydrogen-bond acceptors (Lipinski definition) is 4. The van der Waals surface area contributed by atoms with Gasteiger partial charge in [0.1, 0.15) is 0 Å². The van der Waals surface area contributed by atoms with Crippen molar-refractivity contribution in [1.29, 1.82) is 0 Å². The van der Waals surface area contributed by atoms with Crippen LogP contribution < -0.4 is 5.32 Å². The Labute approximate surface area is 106 Å². The molecule has 1 aliphatic rings. The molecule has 92 valence electrons. The van der Waals surface area contributed by atoms with Gasteiger partial charge in [-0.2, -0.15) is 11.8 Å². The Morgan fingerprint density at radius 3 is 3.06 bits per heavy atom. The normalized spacial score (nSPS) is 20.2. The van der Waals surface area contributed by atoms with Gasteiger partial charge in [-0.25, -0.2) is 0 Å². The number of nitrogens with zero attached hydrogens (tertiary/aromatic N) is 1. The average molecular weight is 250 g/mol. The van der Waals surface area contributed by atoms with Gasteiger partial charge in [-0.1, -0.05) is 13.0 Å². The summed E-state index contributed by atoms with van der Waals surface area (Å²) in [7, 11) is 0. The van der Waals surface area contributed by atoms with Crippen molar-refractivity contribution < 1.29 is 4.79 Å². The molecule has 1 fully saturated rings. The predicted octanol–water partition coefficient (Wildman–Crippen LogP) is 1.46. The van der Waals surface area contributed by atoms with Crippen molar-refractivity contribution in [1.82, 2.24) is 10.3 Å². The lowest BCUT2D eigenvalue weighted by Gasteiger charge is -2.21. The SMILES string of the molecule is CCc1ccc(CC(=O)C2CSCCN2)nc1. The molecule has 1 aromatic rings. The van der Waals surface area contributed by atoms with Crippen LogP contribution in [0.15, 0.2) is 18.3 Å². The molecule has 0 bridgehead atoms. The van der Waals surface area contributed by atoms with Gasteiger partial charge in [-0.3, -0.25) is 9.78 Å². The van der Waals surface area contributed by atoms with Gasteiger partial charge in [0.15, 0.2) is 5.78 Å². The van der Waals surface area contributed by atoms with Crippen LogP contribution >= 0.6 is 11.8 Å². The number of aromatic nitrogens is 1. The molecule has 1 atom stereocenters. The van der Waals surface area contributed by atoms with Crippen LogP contribution in [-0.4, -0.2) is 34.9 Å². The highest BCUT2D eigenvalue weighted by Crippen LogP contribution is 2.10. The van der Waals surface area contributed by atoms with Gasteiger partial charge in [0.05, 0.1) is 12.5 Å². The molecule has 2 rings (SSSR count). The minimum Gasteiger partial charge on any atom is -0.306 e. The largest absolute Gasteiger partial charge is 0.306 e. The minimum absolute atomic E-state index is 0.0152. The highest BCUT2D eigenvalue weighted by atomic mass is 32.2. The molecule has 0 spiro atoms. The van der Waals surface area contributed by atoms with Crippen molar-refractivity contribution in [3.8, 4) is 0 Å². The Bertz CT molecular complexity index is 372. The van der Waals surface area contributed by atoms with Crippen LogP contribution in [0.1, 0.15) is 18.2 Å². The minimum atomic E-state index is 0.0152. The zero-order chi connectivity index (χ0) is 12.1. The van der Waals surface area contributed by atoms with Crippen LogP contribution in [0.4, 0.5) is 0 Å². The van der Waals surface area contributed by atoms with Crippen molar-refractivity contribution >= 4 is 17.5 Å². The second-order valence-electron chi connectivity index (χ2n) is 4.24. The van der Waals surface area contributed by atoms with Gasteiger partial charge in [0, 0.05) is 29.9 Å². The first-order chi connectivity index (χ1) is 8.29. The lowest BCUT2D eigenvalue weighted by Crippen LogP contribution is -2.44. The first kappa shape index (κ1) is 12.6. The van der Waals surface area contributed by atoms with Gasteiger partial charge >= 0.3 is 0 Å². The van der Waals surface area contributed by atoms with E-state index in [0.717, 1.165) is 30.2 Å². The highest BCUT2D eigenvalue weighted by Gasteiger charge is 2.20. The van der Waals surface area contributed by atoms with Crippen molar-refractivity contribution in [3.05, 3.63) is 29.6 Å². The number of thioether (sulfide) groups is 1. The summed E-state index contributed by atoms with van der Waals surface area (Å²) in [4.78, 5) is 16.3. The summed E-state index contributed by atoms with van der Waals surface area (Å²) in [5, 5.41) is 3.26. The molecule has 2 heterocycles. The predicted molar refractivity (Wildman–Crippen MR) is 71.4 cm³/mol. The molecule has 0 aromatic carbocycles. The molecule has 1 aromatic heterocycles. The fraction of sp³-hybridized carbons (Fsp3) is 0.538. The van der Waals surface area contributed by atoms with E-state index in [1.807, 2.05) is 24.0 Å². The summed E-state index contributed by atoms with van der Waals surface area (Å²) in [6.45, 7) is 3.04. The standard InChI is InChI=1S/C13H18N2OS/c1-2-10-3-4-11(15-8-10)7-13(16)12-9-17-6-5-14-12/h3-4,8,12,14H,2,5-7,9H2,1H3. The van der Waals surface area contributed by atoms with Crippen LogP contribution in [0.2, 0.25) is 0 Å². The van der Waals surface area contributed by atoms with E-state index in [4.69, 9.17) is 0 Å². The molecular formula is C13H18N2OS. The van der Waals surface area contributed by atoms with Crippen LogP contribution in [-0.2, 0) is 17.6 Å². The Hall–Kier alpha value is -0.870. The zero-order valence-corrected chi connectivity index (χ0v) is 10.9. The molecule has 1 N–H and O–H groups in total. The molecule has 1 unspecified atom stereocenters. The van der Waals surface area contributed by atoms with Crippen LogP contribution in [0.3, 0.4) is 0 Å². The first-order valence-electron chi connectivity index (χ1n) is 6.07. The van der Waals surface area contributed by atoms with Crippen LogP contribution in [0.5, 0.6) is 0 Å². The molecule has 3 nitrogen and oxygen atoms in total. The van der Waals surface area contributed by atoms with E-state index in [1.165, 1.54) is 5.56 Å². The fourth-order valence-corrected chi connectivity index (χ4v) is 2.81. The van der Waals surface area contributed by atoms with Gasteiger partial charge in [0.2, 0.25) is 0 Å². The third kappa shape index (κ3) is 3.54. The van der Waals surface area contributed by atoms with Gasteiger partial charge in [0.25, 0.3) is 0 Å². The van der Waals surface area contributed by atoms with Gasteiger partial charge < -0.3 is 5.32 Å². The molecule has 0 aliphatic carbocycles. The molecule has 0 saturated carbocycles. The van der Waals surface area contributed by atoms with Crippen molar-refractivity contribution in [2.45, 2.75) is 25.8 Å². The van der Waals surface area contributed by atoms with E-state index in [-0.39, 0.29) is 11.8 Å². The summed E-state index contributed by atoms with van der Waals surface area (Å²) in [5.41, 5.74) is 2.09. The smallest absolute Gasteiger partial charge is 0.156 e. The number of carbonyl (C=O) groups excluding carboxylic acids is 1. The number of ketones is 1. The second-order valence-corrected chi connectivity index (χ2v) is 5.39. The Balaban J connectivity index is 1.92. The van der Waals surface area contributed by atoms with E-state index >= 15 is 0 Å². The summed E-state index contributed by atoms with van der Waals surface area (Å²) in [6.07, 6.45) is 3.30. The molecule has 4 heteroatoms. The monoisotopic (exact) mass is 250 g/mol. The molecule has 17 heavy (non-hydrogen) atoms. The maximum atomic E-state index is 12.0. The van der Waals surface area contributed by atoms with E-state index < -0.39 is 0 Å². The number of carbonyl (C=O) groups is 1. The Kier molecular flexibility index (Phi) is 4.57. The number of nitrogens with one attached hydrogen (secondary N) is 1. The number of pyridine rings is 1. The van der Waals surface area contributed by atoms with Crippen LogP contribution in [0, 0.1) is 0 Å². The van der Waals surface area contributed by atoms with Gasteiger partial charge in [-0.05, 0) is 18.1 Å². The van der Waals surface area contributed by atoms with E-state index in [2.05, 4.69) is 23.3 Å². The van der Waals surface area contributed by atoms with Gasteiger partial charge in [-0.15, -0.1) is 0 Å². The third-order valence-corrected chi connectivity index (χ3v) is 4.02. The van der Waals surface area contributed by atoms with Crippen molar-refractivity contribution in [2.24, 2.45) is 0 Å². The number of Topliss-reactive ketones (excluding diaryl/α,β-unsaturated/α-hetero) is 1. The van der Waals surface area contributed by atoms with E-state index in [1.54, 1.807) is 0 Å². The maximum Gasteiger partial charge on any atom is 0.156 e. The molecule has 1 saturated heterocycles. The lowest BCUT2D eigenvalue weighted by molar-refractivity contribution is -0.120. The summed E-state index contributed by atoms with van der Waals surface area (Å²) >= 11 is 1.84. The first-order valence-corrected chi connectivity index (χ1v) is 7.22. The van der Waals surface area contributed by atoms with Crippen LogP contribution in [0.25, 0.3) is 0 Å². The van der Waals surface area contributed by atoms with E-state index in [9.17, 15) is 4.79 Å². The third-order valence-electron chi connectivity index (χ3n) is 2.96. The summed E-state index contributed by atoms with van der Waals surface area (Å²) in [6, 6.07) is 4.03. The molecular weight excluding hydrogens is 232 g/mol. The zero-order valence-electron chi connectivity index (χ0n) is 10.1. The van der Waals surface area contributed by atoms with E-state index in [0.29, 0.717) is 6.42 Å². The maximum absolute atomic E-state index is 12.0. The number of rotatable bonds is 4. The Morgan fingerprint density at radius 1 is 1.59 bits per heavy atom.